The Bertz CT molecular complexity index is 272. The zero-order valence-corrected chi connectivity index (χ0v) is 5.65. The van der Waals surface area contributed by atoms with E-state index in [9.17, 15) is 10.1 Å². The Morgan fingerprint density at radius 2 is 2.45 bits per heavy atom. The fourth-order valence-electron chi connectivity index (χ4n) is 0.760. The molecule has 0 saturated carbocycles. The molecular weight excluding hydrogens is 146 g/mol. The molecule has 1 aromatic carbocycles. The van der Waals surface area contributed by atoms with Crippen molar-refractivity contribution >= 4 is 5.69 Å². The number of nitrogens with zero attached hydrogens (tertiary/aromatic N) is 1. The average Bonchev–Trinajstić information content (AvgIpc) is 2.04. The number of nitro benzene ring substituents is 1. The van der Waals surface area contributed by atoms with E-state index in [4.69, 9.17) is 5.11 Å². The first-order valence-electron chi connectivity index (χ1n) is 3.00. The number of aliphatic hydroxyl groups excluding tert-OH is 1. The van der Waals surface area contributed by atoms with Crippen molar-refractivity contribution in [3.05, 3.63) is 39.9 Å². The third kappa shape index (κ3) is 1.53. The highest BCUT2D eigenvalue weighted by atomic mass is 16.6. The molecule has 1 radical (unpaired) electrons. The molecule has 0 aliphatic carbocycles. The summed E-state index contributed by atoms with van der Waals surface area (Å²) in [7, 11) is 0. The van der Waals surface area contributed by atoms with Gasteiger partial charge in [-0.05, 0) is 12.1 Å². The molecule has 0 saturated heterocycles. The number of nitro groups is 1. The molecule has 1 rings (SSSR count). The summed E-state index contributed by atoms with van der Waals surface area (Å²) in [6.45, 7) is -0.326. The Kier molecular flexibility index (Phi) is 2.18. The van der Waals surface area contributed by atoms with E-state index in [1.54, 1.807) is 6.07 Å². The standard InChI is InChI=1S/C7H6NO3/c9-5-6-3-1-2-4-7(6)8(10)11/h1-3,9H,5H2. The third-order valence-electron chi connectivity index (χ3n) is 1.27. The summed E-state index contributed by atoms with van der Waals surface area (Å²) in [6, 6.07) is 6.96. The van der Waals surface area contributed by atoms with Crippen molar-refractivity contribution in [2.75, 3.05) is 0 Å². The van der Waals surface area contributed by atoms with Gasteiger partial charge in [0.15, 0.2) is 0 Å². The predicted octanol–water partition coefficient (Wildman–Crippen LogP) is 0.887. The molecule has 4 nitrogen and oxygen atoms in total. The molecular formula is C7H6NO3. The predicted molar refractivity (Wildman–Crippen MR) is 37.9 cm³/mol. The van der Waals surface area contributed by atoms with E-state index in [1.807, 2.05) is 0 Å². The van der Waals surface area contributed by atoms with E-state index >= 15 is 0 Å². The van der Waals surface area contributed by atoms with Crippen molar-refractivity contribution in [2.24, 2.45) is 0 Å². The largest absolute Gasteiger partial charge is 0.391 e. The molecule has 0 heterocycles. The Balaban J connectivity index is 3.12. The molecule has 0 spiro atoms. The van der Waals surface area contributed by atoms with Crippen molar-refractivity contribution < 1.29 is 10.0 Å². The first-order valence-corrected chi connectivity index (χ1v) is 3.00. The van der Waals surface area contributed by atoms with Crippen molar-refractivity contribution in [3.8, 4) is 0 Å². The van der Waals surface area contributed by atoms with E-state index in [1.165, 1.54) is 12.1 Å². The lowest BCUT2D eigenvalue weighted by Crippen LogP contribution is -1.94. The highest BCUT2D eigenvalue weighted by molar-refractivity contribution is 5.37. The van der Waals surface area contributed by atoms with Crippen LogP contribution in [0.5, 0.6) is 0 Å². The van der Waals surface area contributed by atoms with Gasteiger partial charge in [0.25, 0.3) is 5.69 Å². The second-order valence-corrected chi connectivity index (χ2v) is 1.96. The summed E-state index contributed by atoms with van der Waals surface area (Å²) in [6.07, 6.45) is 0. The quantitative estimate of drug-likeness (QED) is 0.505. The molecule has 1 aromatic rings. The normalized spacial score (nSPS) is 9.55. The summed E-state index contributed by atoms with van der Waals surface area (Å²) in [4.78, 5) is 9.68. The second kappa shape index (κ2) is 3.12. The van der Waals surface area contributed by atoms with Gasteiger partial charge in [-0.15, -0.1) is 0 Å². The van der Waals surface area contributed by atoms with Crippen molar-refractivity contribution in [3.63, 3.8) is 0 Å². The van der Waals surface area contributed by atoms with Gasteiger partial charge in [0.2, 0.25) is 0 Å². The van der Waals surface area contributed by atoms with E-state index in [2.05, 4.69) is 6.07 Å². The molecule has 0 aliphatic heterocycles. The van der Waals surface area contributed by atoms with Crippen molar-refractivity contribution in [1.29, 1.82) is 0 Å². The third-order valence-corrected chi connectivity index (χ3v) is 1.27. The summed E-state index contributed by atoms with van der Waals surface area (Å²) < 4.78 is 0. The lowest BCUT2D eigenvalue weighted by molar-refractivity contribution is -0.386. The fraction of sp³-hybridized carbons (Fsp3) is 0.143. The highest BCUT2D eigenvalue weighted by Crippen LogP contribution is 2.15. The van der Waals surface area contributed by atoms with E-state index in [0.29, 0.717) is 0 Å². The van der Waals surface area contributed by atoms with Gasteiger partial charge in [-0.25, -0.2) is 0 Å². The number of benzene rings is 1. The van der Waals surface area contributed by atoms with Crippen molar-refractivity contribution in [1.82, 2.24) is 0 Å². The first kappa shape index (κ1) is 7.68. The Morgan fingerprint density at radius 1 is 1.73 bits per heavy atom. The molecule has 57 valence electrons. The van der Waals surface area contributed by atoms with Crippen LogP contribution in [0.1, 0.15) is 5.56 Å². The zero-order chi connectivity index (χ0) is 8.27. The van der Waals surface area contributed by atoms with Gasteiger partial charge in [-0.3, -0.25) is 10.1 Å². The van der Waals surface area contributed by atoms with Crippen LogP contribution < -0.4 is 0 Å². The van der Waals surface area contributed by atoms with Crippen LogP contribution in [-0.4, -0.2) is 10.0 Å². The molecule has 0 bridgehead atoms. The van der Waals surface area contributed by atoms with Crippen LogP contribution >= 0.6 is 0 Å². The molecule has 0 fully saturated rings. The van der Waals surface area contributed by atoms with Crippen LogP contribution in [-0.2, 0) is 6.61 Å². The van der Waals surface area contributed by atoms with Crippen LogP contribution in [0, 0.1) is 16.2 Å². The van der Waals surface area contributed by atoms with Gasteiger partial charge in [-0.2, -0.15) is 0 Å². The highest BCUT2D eigenvalue weighted by Gasteiger charge is 2.10. The number of hydrogen-bond donors (Lipinski definition) is 1. The van der Waals surface area contributed by atoms with Gasteiger partial charge in [0.1, 0.15) is 0 Å². The topological polar surface area (TPSA) is 63.4 Å². The lowest BCUT2D eigenvalue weighted by Gasteiger charge is -1.95. The van der Waals surface area contributed by atoms with Crippen molar-refractivity contribution in [2.45, 2.75) is 6.61 Å². The number of para-hydroxylation sites is 1. The van der Waals surface area contributed by atoms with E-state index < -0.39 is 4.92 Å². The smallest absolute Gasteiger partial charge is 0.282 e. The van der Waals surface area contributed by atoms with E-state index in [-0.39, 0.29) is 17.9 Å². The van der Waals surface area contributed by atoms with Crippen LogP contribution in [0.15, 0.2) is 18.2 Å². The molecule has 0 amide bonds. The Labute approximate surface area is 63.2 Å². The summed E-state index contributed by atoms with van der Waals surface area (Å²) >= 11 is 0. The first-order chi connectivity index (χ1) is 5.25. The Morgan fingerprint density at radius 3 is 2.91 bits per heavy atom. The molecule has 0 aliphatic rings. The zero-order valence-electron chi connectivity index (χ0n) is 5.65. The SMILES string of the molecule is O=[N+]([O-])c1[c]cccc1CO. The summed E-state index contributed by atoms with van der Waals surface area (Å²) in [5.74, 6) is 0. The van der Waals surface area contributed by atoms with Gasteiger partial charge in [0, 0.05) is 0 Å². The molecule has 1 N–H and O–H groups in total. The maximum absolute atomic E-state index is 10.2. The minimum atomic E-state index is -0.564. The van der Waals surface area contributed by atoms with Crippen LogP contribution in [0.4, 0.5) is 5.69 Å². The average molecular weight is 152 g/mol. The van der Waals surface area contributed by atoms with Crippen LogP contribution in [0.25, 0.3) is 0 Å². The van der Waals surface area contributed by atoms with Gasteiger partial charge < -0.3 is 5.11 Å². The summed E-state index contributed by atoms with van der Waals surface area (Å²) in [5, 5.41) is 18.9. The minimum absolute atomic E-state index is 0.157. The van der Waals surface area contributed by atoms with Gasteiger partial charge in [0.05, 0.1) is 23.2 Å². The van der Waals surface area contributed by atoms with Gasteiger partial charge >= 0.3 is 0 Å². The molecule has 4 heteroatoms. The molecule has 0 aromatic heterocycles. The molecule has 0 atom stereocenters. The summed E-state index contributed by atoms with van der Waals surface area (Å²) in [5.41, 5.74) is 0.132. The number of rotatable bonds is 2. The second-order valence-electron chi connectivity index (χ2n) is 1.96. The molecule has 0 unspecified atom stereocenters. The number of aliphatic hydroxyl groups is 1. The maximum Gasteiger partial charge on any atom is 0.282 e. The van der Waals surface area contributed by atoms with Gasteiger partial charge in [-0.1, -0.05) is 6.07 Å². The lowest BCUT2D eigenvalue weighted by atomic mass is 10.2. The maximum atomic E-state index is 10.2. The van der Waals surface area contributed by atoms with Crippen LogP contribution in [0.3, 0.4) is 0 Å². The number of hydrogen-bond acceptors (Lipinski definition) is 3. The Hall–Kier alpha value is -1.42. The minimum Gasteiger partial charge on any atom is -0.391 e. The molecule has 11 heavy (non-hydrogen) atoms. The monoisotopic (exact) mass is 152 g/mol. The van der Waals surface area contributed by atoms with Crippen LogP contribution in [0.2, 0.25) is 0 Å². The fourth-order valence-corrected chi connectivity index (χ4v) is 0.760. The van der Waals surface area contributed by atoms with E-state index in [0.717, 1.165) is 0 Å².